The van der Waals surface area contributed by atoms with Crippen LogP contribution in [0.5, 0.6) is 5.75 Å². The second-order valence-corrected chi connectivity index (χ2v) is 8.26. The van der Waals surface area contributed by atoms with Gasteiger partial charge in [0, 0.05) is 18.7 Å². The number of hydrogen-bond acceptors (Lipinski definition) is 2. The standard InChI is InChI=1S/C19H22ClNO2/c1-23-18-5-2-10(6-17(18)20)19(22)21-8-15-11-3-4-12(16(15)9-21)14-7-13(11)14/h2,5-6,11-16H,3-4,7-9H2,1H3. The lowest BCUT2D eigenvalue weighted by atomic mass is 9.60. The zero-order valence-corrected chi connectivity index (χ0v) is 14.1. The third-order valence-electron chi connectivity index (χ3n) is 7.02. The molecule has 5 aliphatic rings. The minimum absolute atomic E-state index is 0.136. The molecule has 1 amide bonds. The molecule has 23 heavy (non-hydrogen) atoms. The highest BCUT2D eigenvalue weighted by molar-refractivity contribution is 6.32. The molecule has 2 bridgehead atoms. The summed E-state index contributed by atoms with van der Waals surface area (Å²) in [7, 11) is 1.59. The summed E-state index contributed by atoms with van der Waals surface area (Å²) in [6.07, 6.45) is 4.29. The number of rotatable bonds is 2. The van der Waals surface area contributed by atoms with Crippen molar-refractivity contribution >= 4 is 17.5 Å². The Morgan fingerprint density at radius 3 is 2.30 bits per heavy atom. The first-order valence-corrected chi connectivity index (χ1v) is 9.18. The van der Waals surface area contributed by atoms with Crippen LogP contribution in [0.15, 0.2) is 18.2 Å². The minimum Gasteiger partial charge on any atom is -0.495 e. The Kier molecular flexibility index (Phi) is 3.01. The van der Waals surface area contributed by atoms with E-state index in [2.05, 4.69) is 4.90 Å². The first kappa shape index (κ1) is 14.2. The molecule has 6 atom stereocenters. The number of halogens is 1. The van der Waals surface area contributed by atoms with Crippen molar-refractivity contribution in [3.63, 3.8) is 0 Å². The minimum atomic E-state index is 0.136. The lowest BCUT2D eigenvalue weighted by Gasteiger charge is -2.44. The van der Waals surface area contributed by atoms with Crippen molar-refractivity contribution in [2.45, 2.75) is 19.3 Å². The molecule has 6 rings (SSSR count). The van der Waals surface area contributed by atoms with E-state index >= 15 is 0 Å². The summed E-state index contributed by atoms with van der Waals surface area (Å²) >= 11 is 6.19. The van der Waals surface area contributed by atoms with Crippen LogP contribution in [0.4, 0.5) is 0 Å². The van der Waals surface area contributed by atoms with Crippen LogP contribution in [-0.2, 0) is 0 Å². The molecule has 5 fully saturated rings. The Hall–Kier alpha value is -1.22. The maximum atomic E-state index is 12.9. The molecule has 0 spiro atoms. The van der Waals surface area contributed by atoms with Gasteiger partial charge in [-0.15, -0.1) is 0 Å². The summed E-state index contributed by atoms with van der Waals surface area (Å²) in [5, 5.41) is 0.510. The zero-order chi connectivity index (χ0) is 15.7. The van der Waals surface area contributed by atoms with E-state index in [1.54, 1.807) is 19.2 Å². The Labute approximate surface area is 141 Å². The van der Waals surface area contributed by atoms with Gasteiger partial charge in [-0.3, -0.25) is 4.79 Å². The van der Waals surface area contributed by atoms with Crippen LogP contribution in [0.2, 0.25) is 5.02 Å². The fraction of sp³-hybridized carbons (Fsp3) is 0.632. The van der Waals surface area contributed by atoms with E-state index in [0.717, 1.165) is 48.6 Å². The number of nitrogens with zero attached hydrogens (tertiary/aromatic N) is 1. The number of benzene rings is 1. The van der Waals surface area contributed by atoms with Crippen LogP contribution in [0.25, 0.3) is 0 Å². The third-order valence-corrected chi connectivity index (χ3v) is 7.32. The van der Waals surface area contributed by atoms with Crippen LogP contribution >= 0.6 is 11.6 Å². The molecule has 4 saturated carbocycles. The van der Waals surface area contributed by atoms with E-state index in [1.165, 1.54) is 19.3 Å². The monoisotopic (exact) mass is 331 g/mol. The lowest BCUT2D eigenvalue weighted by Crippen LogP contribution is -2.40. The molecule has 4 aliphatic carbocycles. The molecule has 0 radical (unpaired) electrons. The molecule has 6 unspecified atom stereocenters. The predicted octanol–water partition coefficient (Wildman–Crippen LogP) is 3.71. The number of carbonyl (C=O) groups excluding carboxylic acids is 1. The average Bonchev–Trinajstić information content (AvgIpc) is 3.26. The van der Waals surface area contributed by atoms with E-state index in [-0.39, 0.29) is 5.91 Å². The normalized spacial score (nSPS) is 39.8. The fourth-order valence-electron chi connectivity index (χ4n) is 6.00. The van der Waals surface area contributed by atoms with E-state index in [4.69, 9.17) is 16.3 Å². The summed E-state index contributed by atoms with van der Waals surface area (Å²) in [5.74, 6) is 6.07. The van der Waals surface area contributed by atoms with Gasteiger partial charge in [-0.1, -0.05) is 11.6 Å². The van der Waals surface area contributed by atoms with Crippen molar-refractivity contribution in [1.29, 1.82) is 0 Å². The molecule has 122 valence electrons. The van der Waals surface area contributed by atoms with Gasteiger partial charge < -0.3 is 9.64 Å². The Morgan fingerprint density at radius 2 is 1.74 bits per heavy atom. The molecule has 3 nitrogen and oxygen atoms in total. The molecule has 0 aromatic heterocycles. The van der Waals surface area contributed by atoms with Crippen molar-refractivity contribution < 1.29 is 9.53 Å². The van der Waals surface area contributed by atoms with Gasteiger partial charge in [0.25, 0.3) is 5.91 Å². The number of carbonyl (C=O) groups is 1. The third kappa shape index (κ3) is 1.98. The highest BCUT2D eigenvalue weighted by Gasteiger charge is 2.63. The van der Waals surface area contributed by atoms with Gasteiger partial charge >= 0.3 is 0 Å². The van der Waals surface area contributed by atoms with Gasteiger partial charge in [-0.2, -0.15) is 0 Å². The summed E-state index contributed by atoms with van der Waals surface area (Å²) < 4.78 is 5.18. The van der Waals surface area contributed by atoms with Crippen LogP contribution in [0.3, 0.4) is 0 Å². The predicted molar refractivity (Wildman–Crippen MR) is 88.7 cm³/mol. The first-order chi connectivity index (χ1) is 11.2. The molecule has 1 aromatic rings. The molecular formula is C19H22ClNO2. The number of amides is 1. The van der Waals surface area contributed by atoms with Crippen molar-refractivity contribution in [1.82, 2.24) is 4.90 Å². The van der Waals surface area contributed by atoms with Crippen molar-refractivity contribution in [3.8, 4) is 5.75 Å². The van der Waals surface area contributed by atoms with Crippen molar-refractivity contribution in [2.24, 2.45) is 35.5 Å². The number of hydrogen-bond donors (Lipinski definition) is 0. The fourth-order valence-corrected chi connectivity index (χ4v) is 6.26. The summed E-state index contributed by atoms with van der Waals surface area (Å²) in [4.78, 5) is 15.0. The average molecular weight is 332 g/mol. The largest absolute Gasteiger partial charge is 0.495 e. The number of fused-ring (bicyclic) bond motifs is 1. The Bertz CT molecular complexity index is 651. The Morgan fingerprint density at radius 1 is 1.09 bits per heavy atom. The molecule has 1 aromatic carbocycles. The summed E-state index contributed by atoms with van der Waals surface area (Å²) in [5.41, 5.74) is 0.687. The Balaban J connectivity index is 1.37. The molecular weight excluding hydrogens is 310 g/mol. The highest BCUT2D eigenvalue weighted by Crippen LogP contribution is 2.67. The topological polar surface area (TPSA) is 29.5 Å². The van der Waals surface area contributed by atoms with Crippen LogP contribution < -0.4 is 4.74 Å². The number of likely N-dealkylation sites (tertiary alicyclic amines) is 1. The van der Waals surface area contributed by atoms with Crippen LogP contribution in [0.1, 0.15) is 29.6 Å². The molecule has 1 heterocycles. The van der Waals surface area contributed by atoms with Crippen molar-refractivity contribution in [2.75, 3.05) is 20.2 Å². The van der Waals surface area contributed by atoms with Crippen LogP contribution in [0, 0.1) is 35.5 Å². The van der Waals surface area contributed by atoms with Gasteiger partial charge in [0.2, 0.25) is 0 Å². The second-order valence-electron chi connectivity index (χ2n) is 7.86. The summed E-state index contributed by atoms with van der Waals surface area (Å²) in [6.45, 7) is 1.91. The van der Waals surface area contributed by atoms with Gasteiger partial charge in [-0.25, -0.2) is 0 Å². The van der Waals surface area contributed by atoms with Crippen molar-refractivity contribution in [3.05, 3.63) is 28.8 Å². The maximum absolute atomic E-state index is 12.9. The van der Waals surface area contributed by atoms with E-state index in [9.17, 15) is 4.79 Å². The van der Waals surface area contributed by atoms with Gasteiger partial charge in [0.05, 0.1) is 12.1 Å². The second kappa shape index (κ2) is 4.89. The first-order valence-electron chi connectivity index (χ1n) is 8.80. The van der Waals surface area contributed by atoms with Gasteiger partial charge in [0.1, 0.15) is 5.75 Å². The number of methoxy groups -OCH3 is 1. The molecule has 1 aliphatic heterocycles. The van der Waals surface area contributed by atoms with E-state index < -0.39 is 0 Å². The molecule has 4 heteroatoms. The van der Waals surface area contributed by atoms with Crippen LogP contribution in [-0.4, -0.2) is 31.0 Å². The smallest absolute Gasteiger partial charge is 0.253 e. The van der Waals surface area contributed by atoms with Gasteiger partial charge in [-0.05, 0) is 73.0 Å². The zero-order valence-electron chi connectivity index (χ0n) is 13.4. The van der Waals surface area contributed by atoms with Gasteiger partial charge in [0.15, 0.2) is 0 Å². The summed E-state index contributed by atoms with van der Waals surface area (Å²) in [6, 6.07) is 5.37. The lowest BCUT2D eigenvalue weighted by molar-refractivity contribution is 0.0464. The quantitative estimate of drug-likeness (QED) is 0.826. The maximum Gasteiger partial charge on any atom is 0.253 e. The molecule has 0 N–H and O–H groups in total. The number of ether oxygens (including phenoxy) is 1. The van der Waals surface area contributed by atoms with E-state index in [1.807, 2.05) is 6.07 Å². The van der Waals surface area contributed by atoms with E-state index in [0.29, 0.717) is 16.3 Å². The molecule has 1 saturated heterocycles. The highest BCUT2D eigenvalue weighted by atomic mass is 35.5. The SMILES string of the molecule is COc1ccc(C(=O)N2CC3C4CCC(C5CC45)C3C2)cc1Cl.